The molecule has 0 unspecified atom stereocenters. The van der Waals surface area contributed by atoms with Crippen molar-refractivity contribution in [2.45, 2.75) is 0 Å². The number of rotatable bonds is 5. The highest BCUT2D eigenvalue weighted by molar-refractivity contribution is 6.13. The van der Waals surface area contributed by atoms with E-state index in [1.807, 2.05) is 66.7 Å². The smallest absolute Gasteiger partial charge is 0.267 e. The van der Waals surface area contributed by atoms with Crippen molar-refractivity contribution in [3.63, 3.8) is 0 Å². The van der Waals surface area contributed by atoms with Gasteiger partial charge in [0.2, 0.25) is 0 Å². The molecule has 0 aliphatic rings. The second-order valence-corrected chi connectivity index (χ2v) is 6.44. The summed E-state index contributed by atoms with van der Waals surface area (Å²) in [4.78, 5) is 24.9. The first kappa shape index (κ1) is 19.0. The Bertz CT molecular complexity index is 1190. The van der Waals surface area contributed by atoms with Gasteiger partial charge in [0.05, 0.1) is 11.4 Å². The van der Waals surface area contributed by atoms with Crippen LogP contribution in [0.1, 0.15) is 21.6 Å². The summed E-state index contributed by atoms with van der Waals surface area (Å²) in [5.41, 5.74) is 5.27. The summed E-state index contributed by atoms with van der Waals surface area (Å²) in [6.45, 7) is 0. The highest BCUT2D eigenvalue weighted by Gasteiger charge is 2.12. The average molecular weight is 394 g/mol. The maximum Gasteiger partial charge on any atom is 0.291 e. The molecular formula is C24H18N4O2. The molecule has 0 atom stereocenters. The first-order valence-corrected chi connectivity index (χ1v) is 9.37. The quantitative estimate of drug-likeness (QED) is 0.416. The van der Waals surface area contributed by atoms with Crippen molar-refractivity contribution in [3.05, 3.63) is 130 Å². The second kappa shape index (κ2) is 8.79. The van der Waals surface area contributed by atoms with Crippen LogP contribution in [0.3, 0.4) is 0 Å². The SMILES string of the molecule is O=C(NN=C(c1ccccc1)c1ccccc1)c1ccc(=O)n(-c2ccccc2)n1. The van der Waals surface area contributed by atoms with Gasteiger partial charge in [-0.2, -0.15) is 14.9 Å². The van der Waals surface area contributed by atoms with Gasteiger partial charge in [-0.05, 0) is 18.2 Å². The number of carbonyl (C=O) groups is 1. The number of nitrogens with one attached hydrogen (secondary N) is 1. The topological polar surface area (TPSA) is 76.3 Å². The van der Waals surface area contributed by atoms with Gasteiger partial charge < -0.3 is 0 Å². The molecule has 146 valence electrons. The Morgan fingerprint density at radius 1 is 0.733 bits per heavy atom. The summed E-state index contributed by atoms with van der Waals surface area (Å²) in [6, 6.07) is 30.8. The standard InChI is InChI=1S/C24H18N4O2/c29-22-17-16-21(27-28(22)20-14-8-3-9-15-20)24(30)26-25-23(18-10-4-1-5-11-18)19-12-6-2-7-13-19/h1-17H,(H,26,30). The molecule has 4 rings (SSSR count). The highest BCUT2D eigenvalue weighted by Crippen LogP contribution is 2.10. The Hall–Kier alpha value is -4.32. The molecule has 0 aliphatic heterocycles. The van der Waals surface area contributed by atoms with Crippen LogP contribution in [0.4, 0.5) is 0 Å². The summed E-state index contributed by atoms with van der Waals surface area (Å²) >= 11 is 0. The van der Waals surface area contributed by atoms with Gasteiger partial charge in [0, 0.05) is 17.2 Å². The van der Waals surface area contributed by atoms with E-state index in [9.17, 15) is 9.59 Å². The molecule has 1 amide bonds. The van der Waals surface area contributed by atoms with E-state index in [2.05, 4.69) is 15.6 Å². The van der Waals surface area contributed by atoms with Gasteiger partial charge in [-0.25, -0.2) is 5.43 Å². The number of nitrogens with zero attached hydrogens (tertiary/aromatic N) is 3. The molecule has 1 heterocycles. The van der Waals surface area contributed by atoms with Crippen molar-refractivity contribution >= 4 is 11.6 Å². The first-order chi connectivity index (χ1) is 14.7. The fourth-order valence-electron chi connectivity index (χ4n) is 2.94. The monoisotopic (exact) mass is 394 g/mol. The van der Waals surface area contributed by atoms with Crippen LogP contribution in [0.25, 0.3) is 5.69 Å². The normalized spacial score (nSPS) is 10.3. The zero-order valence-electron chi connectivity index (χ0n) is 16.0. The molecule has 0 fully saturated rings. The molecule has 0 saturated heterocycles. The molecule has 0 bridgehead atoms. The van der Waals surface area contributed by atoms with E-state index >= 15 is 0 Å². The highest BCUT2D eigenvalue weighted by atomic mass is 16.2. The van der Waals surface area contributed by atoms with Gasteiger partial charge in [-0.3, -0.25) is 9.59 Å². The summed E-state index contributed by atoms with van der Waals surface area (Å²) in [6.07, 6.45) is 0. The van der Waals surface area contributed by atoms with Crippen LogP contribution < -0.4 is 11.0 Å². The minimum absolute atomic E-state index is 0.0858. The van der Waals surface area contributed by atoms with Gasteiger partial charge in [0.15, 0.2) is 5.69 Å². The van der Waals surface area contributed by atoms with Crippen molar-refractivity contribution in [1.82, 2.24) is 15.2 Å². The minimum Gasteiger partial charge on any atom is -0.267 e. The van der Waals surface area contributed by atoms with Gasteiger partial charge in [0.25, 0.3) is 11.5 Å². The Morgan fingerprint density at radius 3 is 1.83 bits per heavy atom. The zero-order chi connectivity index (χ0) is 20.8. The third-order valence-electron chi connectivity index (χ3n) is 4.40. The number of para-hydroxylation sites is 1. The van der Waals surface area contributed by atoms with Gasteiger partial charge in [-0.1, -0.05) is 78.9 Å². The fourth-order valence-corrected chi connectivity index (χ4v) is 2.94. The Labute approximate surface area is 173 Å². The van der Waals surface area contributed by atoms with Crippen LogP contribution >= 0.6 is 0 Å². The lowest BCUT2D eigenvalue weighted by atomic mass is 10.0. The number of amides is 1. The summed E-state index contributed by atoms with van der Waals surface area (Å²) in [5, 5.41) is 8.54. The van der Waals surface area contributed by atoms with E-state index in [0.29, 0.717) is 11.4 Å². The van der Waals surface area contributed by atoms with Gasteiger partial charge in [0.1, 0.15) is 0 Å². The summed E-state index contributed by atoms with van der Waals surface area (Å²) in [5.74, 6) is -0.510. The predicted octanol–water partition coefficient (Wildman–Crippen LogP) is 3.41. The maximum absolute atomic E-state index is 12.7. The fraction of sp³-hybridized carbons (Fsp3) is 0. The largest absolute Gasteiger partial charge is 0.291 e. The number of aromatic nitrogens is 2. The van der Waals surface area contributed by atoms with Crippen LogP contribution in [0, 0.1) is 0 Å². The van der Waals surface area contributed by atoms with Gasteiger partial charge >= 0.3 is 0 Å². The molecule has 0 spiro atoms. The maximum atomic E-state index is 12.7. The van der Waals surface area contributed by atoms with E-state index in [1.54, 1.807) is 24.3 Å². The van der Waals surface area contributed by atoms with E-state index in [4.69, 9.17) is 0 Å². The predicted molar refractivity (Wildman–Crippen MR) is 116 cm³/mol. The molecule has 3 aromatic carbocycles. The molecule has 6 nitrogen and oxygen atoms in total. The molecule has 0 saturated carbocycles. The van der Waals surface area contributed by atoms with Crippen LogP contribution in [0.2, 0.25) is 0 Å². The second-order valence-electron chi connectivity index (χ2n) is 6.44. The van der Waals surface area contributed by atoms with Crippen LogP contribution in [-0.4, -0.2) is 21.4 Å². The molecular weight excluding hydrogens is 376 g/mol. The number of benzene rings is 3. The third-order valence-corrected chi connectivity index (χ3v) is 4.40. The van der Waals surface area contributed by atoms with E-state index in [-0.39, 0.29) is 11.3 Å². The van der Waals surface area contributed by atoms with Crippen molar-refractivity contribution in [2.75, 3.05) is 0 Å². The van der Waals surface area contributed by atoms with E-state index in [0.717, 1.165) is 11.1 Å². The molecule has 4 aromatic rings. The minimum atomic E-state index is -0.510. The Morgan fingerprint density at radius 2 is 1.27 bits per heavy atom. The molecule has 30 heavy (non-hydrogen) atoms. The lowest BCUT2D eigenvalue weighted by Crippen LogP contribution is -2.27. The summed E-state index contributed by atoms with van der Waals surface area (Å²) in [7, 11) is 0. The molecule has 6 heteroatoms. The Balaban J connectivity index is 1.66. The average Bonchev–Trinajstić information content (AvgIpc) is 2.81. The van der Waals surface area contributed by atoms with Crippen LogP contribution in [0.5, 0.6) is 0 Å². The van der Waals surface area contributed by atoms with Crippen molar-refractivity contribution < 1.29 is 4.79 Å². The summed E-state index contributed by atoms with van der Waals surface area (Å²) < 4.78 is 1.19. The lowest BCUT2D eigenvalue weighted by molar-refractivity contribution is 0.0948. The molecule has 1 N–H and O–H groups in total. The third kappa shape index (κ3) is 4.23. The van der Waals surface area contributed by atoms with Crippen LogP contribution in [-0.2, 0) is 0 Å². The van der Waals surface area contributed by atoms with Crippen LogP contribution in [0.15, 0.2) is 113 Å². The zero-order valence-corrected chi connectivity index (χ0v) is 16.0. The van der Waals surface area contributed by atoms with Crippen molar-refractivity contribution in [2.24, 2.45) is 5.10 Å². The van der Waals surface area contributed by atoms with E-state index in [1.165, 1.54) is 16.8 Å². The molecule has 0 aliphatic carbocycles. The Kier molecular flexibility index (Phi) is 5.57. The van der Waals surface area contributed by atoms with Crippen molar-refractivity contribution in [1.29, 1.82) is 0 Å². The van der Waals surface area contributed by atoms with E-state index < -0.39 is 5.91 Å². The number of hydrogen-bond acceptors (Lipinski definition) is 4. The first-order valence-electron chi connectivity index (χ1n) is 9.37. The van der Waals surface area contributed by atoms with Crippen molar-refractivity contribution in [3.8, 4) is 5.69 Å². The lowest BCUT2D eigenvalue weighted by Gasteiger charge is -2.09. The molecule has 0 radical (unpaired) electrons. The number of hydrazone groups is 1. The molecule has 1 aromatic heterocycles. The van der Waals surface area contributed by atoms with Gasteiger partial charge in [-0.15, -0.1) is 0 Å². The number of hydrogen-bond donors (Lipinski definition) is 1. The number of carbonyl (C=O) groups excluding carboxylic acids is 1.